The zero-order chi connectivity index (χ0) is 19.3. The monoisotopic (exact) mass is 408 g/mol. The number of nitrogens with two attached hydrogens (primary N) is 1. The maximum absolute atomic E-state index is 14.8. The summed E-state index contributed by atoms with van der Waals surface area (Å²) < 4.78 is 66.9. The predicted octanol–water partition coefficient (Wildman–Crippen LogP) is 2.91. The molecular weight excluding hydrogens is 389 g/mol. The molecular formula is C16H19F3N2O3S2. The van der Waals surface area contributed by atoms with E-state index in [4.69, 9.17) is 10.2 Å². The summed E-state index contributed by atoms with van der Waals surface area (Å²) in [6.07, 6.45) is 9.16. The average Bonchev–Trinajstić information content (AvgIpc) is 2.53. The fraction of sp³-hybridized carbons (Fsp3) is 0.375. The van der Waals surface area contributed by atoms with Crippen LogP contribution in [0.3, 0.4) is 0 Å². The van der Waals surface area contributed by atoms with Gasteiger partial charge in [-0.2, -0.15) is 0 Å². The molecule has 0 heterocycles. The van der Waals surface area contributed by atoms with Gasteiger partial charge in [0, 0.05) is 11.8 Å². The van der Waals surface area contributed by atoms with Gasteiger partial charge >= 0.3 is 0 Å². The summed E-state index contributed by atoms with van der Waals surface area (Å²) in [7, 11) is -4.73. The second-order valence-corrected chi connectivity index (χ2v) is 8.19. The van der Waals surface area contributed by atoms with Crippen molar-refractivity contribution in [3.05, 3.63) is 41.8 Å². The summed E-state index contributed by atoms with van der Waals surface area (Å²) >= 11 is 0.546. The highest BCUT2D eigenvalue weighted by atomic mass is 32.2. The number of hydrogen-bond acceptors (Lipinski definition) is 5. The lowest BCUT2D eigenvalue weighted by molar-refractivity contribution is 0.322. The number of halogens is 3. The molecule has 0 saturated heterocycles. The van der Waals surface area contributed by atoms with Gasteiger partial charge in [-0.05, 0) is 19.3 Å². The molecule has 0 bridgehead atoms. The van der Waals surface area contributed by atoms with Gasteiger partial charge in [-0.1, -0.05) is 24.3 Å². The van der Waals surface area contributed by atoms with Crippen LogP contribution in [0, 0.1) is 17.5 Å². The molecule has 1 aromatic carbocycles. The summed E-state index contributed by atoms with van der Waals surface area (Å²) in [6, 6.07) is -0.490. The minimum Gasteiger partial charge on any atom is -0.396 e. The lowest BCUT2D eigenvalue weighted by Gasteiger charge is -2.21. The molecule has 0 aliphatic heterocycles. The van der Waals surface area contributed by atoms with Crippen molar-refractivity contribution in [2.24, 2.45) is 5.14 Å². The van der Waals surface area contributed by atoms with Crippen LogP contribution in [-0.2, 0) is 10.0 Å². The Morgan fingerprint density at radius 2 is 1.96 bits per heavy atom. The van der Waals surface area contributed by atoms with Crippen molar-refractivity contribution in [3.8, 4) is 0 Å². The molecule has 5 nitrogen and oxygen atoms in total. The number of allylic oxidation sites excluding steroid dienone is 3. The molecule has 1 aliphatic carbocycles. The van der Waals surface area contributed by atoms with Gasteiger partial charge in [0.1, 0.15) is 4.90 Å². The summed E-state index contributed by atoms with van der Waals surface area (Å²) in [5.41, 5.74) is -0.703. The van der Waals surface area contributed by atoms with Gasteiger partial charge in [-0.25, -0.2) is 26.7 Å². The first kappa shape index (κ1) is 20.8. The van der Waals surface area contributed by atoms with E-state index in [1.54, 1.807) is 18.2 Å². The Hall–Kier alpha value is -1.49. The molecule has 1 aliphatic rings. The normalized spacial score (nSPS) is 20.3. The summed E-state index contributed by atoms with van der Waals surface area (Å²) in [5.74, 6) is -4.73. The molecule has 0 fully saturated rings. The molecule has 0 spiro atoms. The maximum atomic E-state index is 14.8. The lowest BCUT2D eigenvalue weighted by Crippen LogP contribution is -2.24. The zero-order valence-corrected chi connectivity index (χ0v) is 15.3. The molecule has 1 atom stereocenters. The highest BCUT2D eigenvalue weighted by Gasteiger charge is 2.31. The average molecular weight is 408 g/mol. The summed E-state index contributed by atoms with van der Waals surface area (Å²) in [6.45, 7) is -0.386. The molecule has 144 valence electrons. The van der Waals surface area contributed by atoms with Crippen LogP contribution in [0.15, 0.2) is 34.1 Å². The molecule has 10 heteroatoms. The van der Waals surface area contributed by atoms with Crippen LogP contribution in [0.2, 0.25) is 0 Å². The fourth-order valence-corrected chi connectivity index (χ4v) is 4.03. The van der Waals surface area contributed by atoms with Gasteiger partial charge in [0.25, 0.3) is 0 Å². The predicted molar refractivity (Wildman–Crippen MR) is 95.0 cm³/mol. The smallest absolute Gasteiger partial charge is 0.243 e. The Morgan fingerprint density at radius 3 is 2.62 bits per heavy atom. The standard InChI is InChI=1S/C16H19F3N2O3S2/c17-11-12(18)16(26(20,23)24)14(13(19)15(11)25-9-8-22)21-10-6-4-2-1-3-5-7-10/h1-2,4,6,10,21-22H,3,5,7-9H2,(H2,20,23,24)/b2-1+,6-4-/t10-/m1/s1. The fourth-order valence-electron chi connectivity index (χ4n) is 2.52. The first-order valence-electron chi connectivity index (χ1n) is 7.84. The highest BCUT2D eigenvalue weighted by molar-refractivity contribution is 7.99. The molecule has 0 aromatic heterocycles. The molecule has 0 unspecified atom stereocenters. The molecule has 1 aromatic rings. The van der Waals surface area contributed by atoms with E-state index in [-0.39, 0.29) is 12.4 Å². The lowest BCUT2D eigenvalue weighted by atomic mass is 10.1. The number of benzene rings is 1. The Kier molecular flexibility index (Phi) is 7.16. The van der Waals surface area contributed by atoms with Crippen LogP contribution in [0.1, 0.15) is 19.3 Å². The van der Waals surface area contributed by atoms with Gasteiger partial charge in [-0.3, -0.25) is 0 Å². The highest BCUT2D eigenvalue weighted by Crippen LogP contribution is 2.37. The second-order valence-electron chi connectivity index (χ2n) is 5.59. The van der Waals surface area contributed by atoms with E-state index >= 15 is 0 Å². The van der Waals surface area contributed by atoms with Crippen LogP contribution in [0.5, 0.6) is 0 Å². The van der Waals surface area contributed by atoms with Crippen molar-refractivity contribution in [1.82, 2.24) is 0 Å². The quantitative estimate of drug-likeness (QED) is 0.497. The topological polar surface area (TPSA) is 92.4 Å². The minimum atomic E-state index is -4.73. The third-order valence-corrected chi connectivity index (χ3v) is 5.65. The molecule has 0 amide bonds. The van der Waals surface area contributed by atoms with Crippen molar-refractivity contribution in [2.45, 2.75) is 35.1 Å². The van der Waals surface area contributed by atoms with E-state index in [1.165, 1.54) is 0 Å². The van der Waals surface area contributed by atoms with Crippen molar-refractivity contribution in [1.29, 1.82) is 0 Å². The number of sulfonamides is 1. The summed E-state index contributed by atoms with van der Waals surface area (Å²) in [5, 5.41) is 16.5. The number of anilines is 1. The number of aliphatic hydroxyl groups excluding tert-OH is 1. The Morgan fingerprint density at radius 1 is 1.23 bits per heavy atom. The van der Waals surface area contributed by atoms with Gasteiger partial charge in [-0.15, -0.1) is 11.8 Å². The zero-order valence-electron chi connectivity index (χ0n) is 13.7. The number of hydrogen-bond donors (Lipinski definition) is 3. The van der Waals surface area contributed by atoms with Crippen LogP contribution in [-0.4, -0.2) is 31.9 Å². The van der Waals surface area contributed by atoms with E-state index in [0.717, 1.165) is 12.8 Å². The third kappa shape index (κ3) is 4.81. The SMILES string of the molecule is NS(=O)(=O)c1c(F)c(F)c(SCCO)c(F)c1N[C@@H]1/C=C\C=C\CCC1. The van der Waals surface area contributed by atoms with E-state index in [9.17, 15) is 21.6 Å². The van der Waals surface area contributed by atoms with E-state index in [1.807, 2.05) is 6.08 Å². The molecule has 2 rings (SSSR count). The third-order valence-electron chi connectivity index (χ3n) is 3.67. The maximum Gasteiger partial charge on any atom is 0.243 e. The van der Waals surface area contributed by atoms with E-state index < -0.39 is 49.0 Å². The first-order valence-corrected chi connectivity index (χ1v) is 10.4. The Balaban J connectivity index is 2.58. The van der Waals surface area contributed by atoms with Crippen LogP contribution in [0.4, 0.5) is 18.9 Å². The number of rotatable bonds is 6. The van der Waals surface area contributed by atoms with E-state index in [0.29, 0.717) is 18.2 Å². The van der Waals surface area contributed by atoms with Crippen molar-refractivity contribution >= 4 is 27.5 Å². The van der Waals surface area contributed by atoms with Crippen LogP contribution >= 0.6 is 11.8 Å². The van der Waals surface area contributed by atoms with Crippen molar-refractivity contribution < 1.29 is 26.7 Å². The second kappa shape index (κ2) is 8.94. The summed E-state index contributed by atoms with van der Waals surface area (Å²) in [4.78, 5) is -1.95. The number of nitrogens with one attached hydrogen (secondary N) is 1. The number of primary sulfonamides is 1. The largest absolute Gasteiger partial charge is 0.396 e. The van der Waals surface area contributed by atoms with Gasteiger partial charge in [0.2, 0.25) is 10.0 Å². The van der Waals surface area contributed by atoms with Gasteiger partial charge < -0.3 is 10.4 Å². The van der Waals surface area contributed by atoms with Gasteiger partial charge in [0.05, 0.1) is 17.2 Å². The van der Waals surface area contributed by atoms with Crippen LogP contribution in [0.25, 0.3) is 0 Å². The van der Waals surface area contributed by atoms with Crippen molar-refractivity contribution in [3.63, 3.8) is 0 Å². The number of thioether (sulfide) groups is 1. The number of aliphatic hydroxyl groups is 1. The van der Waals surface area contributed by atoms with Crippen molar-refractivity contribution in [2.75, 3.05) is 17.7 Å². The molecule has 4 N–H and O–H groups in total. The van der Waals surface area contributed by atoms with Gasteiger partial charge in [0.15, 0.2) is 17.5 Å². The molecule has 0 saturated carbocycles. The Labute approximate surface area is 154 Å². The van der Waals surface area contributed by atoms with Crippen LogP contribution < -0.4 is 10.5 Å². The molecule has 0 radical (unpaired) electrons. The van der Waals surface area contributed by atoms with E-state index in [2.05, 4.69) is 5.32 Å². The molecule has 26 heavy (non-hydrogen) atoms. The minimum absolute atomic E-state index is 0.0877. The first-order chi connectivity index (χ1) is 12.3. The Bertz CT molecular complexity index is 827.